The van der Waals surface area contributed by atoms with E-state index in [1.54, 1.807) is 0 Å². The van der Waals surface area contributed by atoms with E-state index in [-0.39, 0.29) is 5.92 Å². The fourth-order valence-electron chi connectivity index (χ4n) is 3.37. The second-order valence-electron chi connectivity index (χ2n) is 5.60. The van der Waals surface area contributed by atoms with Crippen LogP contribution in [-0.4, -0.2) is 33.1 Å². The molecule has 3 atom stereocenters. The van der Waals surface area contributed by atoms with Crippen molar-refractivity contribution in [2.24, 2.45) is 5.92 Å². The highest BCUT2D eigenvalue weighted by Crippen LogP contribution is 2.38. The van der Waals surface area contributed by atoms with Gasteiger partial charge in [-0.05, 0) is 31.6 Å². The largest absolute Gasteiger partial charge is 0.390 e. The highest BCUT2D eigenvalue weighted by molar-refractivity contribution is 4.98. The van der Waals surface area contributed by atoms with E-state index in [1.165, 1.54) is 6.42 Å². The molecule has 3 heteroatoms. The summed E-state index contributed by atoms with van der Waals surface area (Å²) < 4.78 is 0. The summed E-state index contributed by atoms with van der Waals surface area (Å²) in [5, 5.41) is 30.7. The number of hydrogen-bond acceptors (Lipinski definition) is 3. The van der Waals surface area contributed by atoms with E-state index in [4.69, 9.17) is 0 Å². The molecule has 2 aliphatic rings. The fourth-order valence-corrected chi connectivity index (χ4v) is 3.37. The molecule has 0 spiro atoms. The highest BCUT2D eigenvalue weighted by Gasteiger charge is 2.46. The molecular weight excluding hydrogens is 204 g/mol. The van der Waals surface area contributed by atoms with Gasteiger partial charge in [-0.25, -0.2) is 0 Å². The molecule has 0 radical (unpaired) electrons. The summed E-state index contributed by atoms with van der Waals surface area (Å²) in [7, 11) is 0. The molecule has 3 nitrogen and oxygen atoms in total. The summed E-state index contributed by atoms with van der Waals surface area (Å²) in [5.41, 5.74) is -1.24. The van der Waals surface area contributed by atoms with E-state index >= 15 is 0 Å². The maximum absolute atomic E-state index is 10.5. The first-order chi connectivity index (χ1) is 7.64. The van der Waals surface area contributed by atoms with Crippen LogP contribution >= 0.6 is 0 Å². The van der Waals surface area contributed by atoms with Crippen molar-refractivity contribution in [1.82, 2.24) is 0 Å². The Labute approximate surface area is 97.5 Å². The quantitative estimate of drug-likeness (QED) is 0.672. The van der Waals surface area contributed by atoms with Gasteiger partial charge in [-0.1, -0.05) is 32.1 Å². The van der Waals surface area contributed by atoms with Gasteiger partial charge in [0.2, 0.25) is 0 Å². The van der Waals surface area contributed by atoms with Gasteiger partial charge < -0.3 is 15.3 Å². The molecule has 2 rings (SSSR count). The first kappa shape index (κ1) is 12.3. The van der Waals surface area contributed by atoms with Crippen LogP contribution in [0.5, 0.6) is 0 Å². The zero-order chi connectivity index (χ0) is 11.6. The molecule has 2 aliphatic carbocycles. The minimum absolute atomic E-state index is 0.187. The average Bonchev–Trinajstić information content (AvgIpc) is 2.33. The summed E-state index contributed by atoms with van der Waals surface area (Å²) >= 11 is 0. The van der Waals surface area contributed by atoms with Gasteiger partial charge in [0.1, 0.15) is 5.60 Å². The van der Waals surface area contributed by atoms with Gasteiger partial charge in [0.15, 0.2) is 0 Å². The third kappa shape index (κ3) is 2.27. The zero-order valence-corrected chi connectivity index (χ0v) is 9.94. The molecule has 94 valence electrons. The van der Waals surface area contributed by atoms with Crippen molar-refractivity contribution in [2.75, 3.05) is 0 Å². The number of aliphatic hydroxyl groups is 3. The monoisotopic (exact) mass is 228 g/mol. The lowest BCUT2D eigenvalue weighted by Crippen LogP contribution is -2.56. The van der Waals surface area contributed by atoms with Crippen LogP contribution in [0.3, 0.4) is 0 Å². The molecule has 3 N–H and O–H groups in total. The van der Waals surface area contributed by atoms with Crippen molar-refractivity contribution in [2.45, 2.75) is 75.6 Å². The van der Waals surface area contributed by atoms with Gasteiger partial charge in [-0.2, -0.15) is 0 Å². The smallest absolute Gasteiger partial charge is 0.116 e. The van der Waals surface area contributed by atoms with Crippen molar-refractivity contribution in [1.29, 1.82) is 0 Å². The molecule has 0 aliphatic heterocycles. The normalized spacial score (nSPS) is 39.6. The van der Waals surface area contributed by atoms with Crippen LogP contribution < -0.4 is 0 Å². The average molecular weight is 228 g/mol. The number of rotatable bonds is 2. The van der Waals surface area contributed by atoms with Crippen molar-refractivity contribution in [3.05, 3.63) is 0 Å². The van der Waals surface area contributed by atoms with Gasteiger partial charge in [-0.15, -0.1) is 0 Å². The van der Waals surface area contributed by atoms with Crippen LogP contribution in [0.4, 0.5) is 0 Å². The standard InChI is InChI=1S/C13H24O3/c14-11-8-4-5-9-13(11,16)12(15)10-6-2-1-3-7-10/h10-12,14-16H,1-9H2. The fraction of sp³-hybridized carbons (Fsp3) is 1.00. The molecule has 0 saturated heterocycles. The summed E-state index contributed by atoms with van der Waals surface area (Å²) in [6.07, 6.45) is 7.10. The molecule has 0 aromatic heterocycles. The van der Waals surface area contributed by atoms with Gasteiger partial charge >= 0.3 is 0 Å². The zero-order valence-electron chi connectivity index (χ0n) is 9.94. The molecule has 0 amide bonds. The Kier molecular flexibility index (Phi) is 3.88. The SMILES string of the molecule is OC1CCCCC1(O)C(O)C1CCCCC1. The molecule has 0 bridgehead atoms. The Bertz CT molecular complexity index is 225. The lowest BCUT2D eigenvalue weighted by molar-refractivity contribution is -0.182. The van der Waals surface area contributed by atoms with E-state index in [2.05, 4.69) is 0 Å². The molecule has 16 heavy (non-hydrogen) atoms. The van der Waals surface area contributed by atoms with Crippen LogP contribution in [0.1, 0.15) is 57.8 Å². The third-order valence-electron chi connectivity index (χ3n) is 4.49. The predicted octanol–water partition coefficient (Wildman–Crippen LogP) is 1.59. The maximum atomic E-state index is 10.5. The van der Waals surface area contributed by atoms with Gasteiger partial charge in [0.25, 0.3) is 0 Å². The van der Waals surface area contributed by atoms with Crippen LogP contribution in [-0.2, 0) is 0 Å². The molecule has 3 unspecified atom stereocenters. The molecule has 0 aromatic rings. The first-order valence-corrected chi connectivity index (χ1v) is 6.73. The number of hydrogen-bond donors (Lipinski definition) is 3. The van der Waals surface area contributed by atoms with Gasteiger partial charge in [-0.3, -0.25) is 0 Å². The van der Waals surface area contributed by atoms with Crippen LogP contribution in [0.2, 0.25) is 0 Å². The van der Waals surface area contributed by atoms with Crippen molar-refractivity contribution in [3.8, 4) is 0 Å². The lowest BCUT2D eigenvalue weighted by atomic mass is 9.71. The molecule has 0 aromatic carbocycles. The van der Waals surface area contributed by atoms with E-state index in [1.807, 2.05) is 0 Å². The van der Waals surface area contributed by atoms with Gasteiger partial charge in [0, 0.05) is 0 Å². The Morgan fingerprint density at radius 2 is 1.56 bits per heavy atom. The Balaban J connectivity index is 2.02. The summed E-state index contributed by atoms with van der Waals surface area (Å²) in [4.78, 5) is 0. The summed E-state index contributed by atoms with van der Waals surface area (Å²) in [6.45, 7) is 0. The number of aliphatic hydroxyl groups excluding tert-OH is 2. The van der Waals surface area contributed by atoms with Crippen molar-refractivity contribution in [3.63, 3.8) is 0 Å². The second kappa shape index (κ2) is 5.03. The van der Waals surface area contributed by atoms with Crippen molar-refractivity contribution >= 4 is 0 Å². The van der Waals surface area contributed by atoms with Gasteiger partial charge in [0.05, 0.1) is 12.2 Å². The topological polar surface area (TPSA) is 60.7 Å². The first-order valence-electron chi connectivity index (χ1n) is 6.73. The molecule has 2 saturated carbocycles. The molecular formula is C13H24O3. The molecule has 0 heterocycles. The molecule has 2 fully saturated rings. The second-order valence-corrected chi connectivity index (χ2v) is 5.60. The lowest BCUT2D eigenvalue weighted by Gasteiger charge is -2.44. The minimum atomic E-state index is -1.24. The van der Waals surface area contributed by atoms with E-state index in [0.717, 1.165) is 38.5 Å². The van der Waals surface area contributed by atoms with E-state index in [9.17, 15) is 15.3 Å². The van der Waals surface area contributed by atoms with Crippen LogP contribution in [0.25, 0.3) is 0 Å². The van der Waals surface area contributed by atoms with Crippen molar-refractivity contribution < 1.29 is 15.3 Å². The Hall–Kier alpha value is -0.120. The predicted molar refractivity (Wildman–Crippen MR) is 62.0 cm³/mol. The summed E-state index contributed by atoms with van der Waals surface area (Å²) in [5.74, 6) is 0.187. The van der Waals surface area contributed by atoms with Crippen LogP contribution in [0, 0.1) is 5.92 Å². The Morgan fingerprint density at radius 3 is 2.19 bits per heavy atom. The summed E-state index contributed by atoms with van der Waals surface area (Å²) in [6, 6.07) is 0. The third-order valence-corrected chi connectivity index (χ3v) is 4.49. The highest BCUT2D eigenvalue weighted by atomic mass is 16.4. The maximum Gasteiger partial charge on any atom is 0.116 e. The minimum Gasteiger partial charge on any atom is -0.390 e. The van der Waals surface area contributed by atoms with Crippen LogP contribution in [0.15, 0.2) is 0 Å². The van der Waals surface area contributed by atoms with E-state index in [0.29, 0.717) is 12.8 Å². The van der Waals surface area contributed by atoms with E-state index < -0.39 is 17.8 Å². The Morgan fingerprint density at radius 1 is 0.938 bits per heavy atom.